The number of methoxy groups -OCH3 is 1. The Morgan fingerprint density at radius 1 is 1.28 bits per heavy atom. The van der Waals surface area contributed by atoms with Crippen molar-refractivity contribution in [2.75, 3.05) is 7.11 Å². The summed E-state index contributed by atoms with van der Waals surface area (Å²) in [4.78, 5) is 16.5. The van der Waals surface area contributed by atoms with E-state index in [1.54, 1.807) is 7.11 Å². The van der Waals surface area contributed by atoms with E-state index in [4.69, 9.17) is 9.26 Å². The van der Waals surface area contributed by atoms with Crippen LogP contribution in [0.3, 0.4) is 0 Å². The number of para-hydroxylation sites is 1. The number of benzene rings is 1. The number of nitrogens with one attached hydrogen (secondary N) is 1. The van der Waals surface area contributed by atoms with Crippen LogP contribution in [0, 0.1) is 0 Å². The summed E-state index contributed by atoms with van der Waals surface area (Å²) in [5.74, 6) is 2.53. The molecule has 1 amide bonds. The monoisotopic (exact) mass is 341 g/mol. The molecule has 0 spiro atoms. The number of hydrogen-bond acceptors (Lipinski definition) is 5. The lowest BCUT2D eigenvalue weighted by atomic mass is 10.1. The van der Waals surface area contributed by atoms with Gasteiger partial charge >= 0.3 is 0 Å². The van der Waals surface area contributed by atoms with E-state index in [9.17, 15) is 4.79 Å². The molecule has 2 aliphatic carbocycles. The molecule has 132 valence electrons. The minimum absolute atomic E-state index is 0.0173. The summed E-state index contributed by atoms with van der Waals surface area (Å²) in [7, 11) is 1.68. The Kier molecular flexibility index (Phi) is 4.42. The first-order valence-corrected chi connectivity index (χ1v) is 8.99. The average molecular weight is 341 g/mol. The summed E-state index contributed by atoms with van der Waals surface area (Å²) < 4.78 is 10.8. The van der Waals surface area contributed by atoms with Crippen LogP contribution in [0.15, 0.2) is 28.8 Å². The van der Waals surface area contributed by atoms with Crippen molar-refractivity contribution in [2.24, 2.45) is 0 Å². The predicted octanol–water partition coefficient (Wildman–Crippen LogP) is 2.95. The minimum atomic E-state index is -0.0173. The SMILES string of the molecule is COc1ccccc1[C@@H]1C[C@H]1c1nc(CC(=O)NC2CCCC2)no1. The first-order valence-electron chi connectivity index (χ1n) is 8.99. The molecule has 0 unspecified atom stereocenters. The third-order valence-electron chi connectivity index (χ3n) is 5.17. The van der Waals surface area contributed by atoms with Gasteiger partial charge in [-0.15, -0.1) is 0 Å². The zero-order valence-corrected chi connectivity index (χ0v) is 14.4. The Hall–Kier alpha value is -2.37. The normalized spacial score (nSPS) is 22.8. The Bertz CT molecular complexity index is 752. The van der Waals surface area contributed by atoms with E-state index in [0.717, 1.165) is 25.0 Å². The molecule has 0 bridgehead atoms. The van der Waals surface area contributed by atoms with Gasteiger partial charge in [0.25, 0.3) is 0 Å². The van der Waals surface area contributed by atoms with Gasteiger partial charge < -0.3 is 14.6 Å². The van der Waals surface area contributed by atoms with Gasteiger partial charge in [0, 0.05) is 12.0 Å². The van der Waals surface area contributed by atoms with Crippen LogP contribution in [0.1, 0.15) is 61.2 Å². The molecule has 6 heteroatoms. The quantitative estimate of drug-likeness (QED) is 0.874. The number of rotatable bonds is 6. The van der Waals surface area contributed by atoms with Crippen LogP contribution >= 0.6 is 0 Å². The van der Waals surface area contributed by atoms with Crippen molar-refractivity contribution in [1.29, 1.82) is 0 Å². The number of ether oxygens (including phenoxy) is 1. The van der Waals surface area contributed by atoms with Crippen LogP contribution in [-0.2, 0) is 11.2 Å². The predicted molar refractivity (Wildman–Crippen MR) is 91.5 cm³/mol. The maximum atomic E-state index is 12.1. The molecule has 0 radical (unpaired) electrons. The van der Waals surface area contributed by atoms with Crippen LogP contribution in [0.5, 0.6) is 5.75 Å². The van der Waals surface area contributed by atoms with Crippen LogP contribution in [0.25, 0.3) is 0 Å². The zero-order valence-electron chi connectivity index (χ0n) is 14.4. The summed E-state index contributed by atoms with van der Waals surface area (Å²) in [6, 6.07) is 8.35. The largest absolute Gasteiger partial charge is 0.496 e. The van der Waals surface area contributed by atoms with Crippen LogP contribution < -0.4 is 10.1 Å². The van der Waals surface area contributed by atoms with Crippen LogP contribution in [0.4, 0.5) is 0 Å². The number of carbonyl (C=O) groups is 1. The summed E-state index contributed by atoms with van der Waals surface area (Å²) in [5, 5.41) is 7.04. The van der Waals surface area contributed by atoms with E-state index >= 15 is 0 Å². The molecule has 2 fully saturated rings. The molecule has 25 heavy (non-hydrogen) atoms. The van der Waals surface area contributed by atoms with Crippen molar-refractivity contribution >= 4 is 5.91 Å². The number of carbonyl (C=O) groups excluding carboxylic acids is 1. The number of nitrogens with zero attached hydrogens (tertiary/aromatic N) is 2. The van der Waals surface area contributed by atoms with Gasteiger partial charge in [0.1, 0.15) is 5.75 Å². The Labute approximate surface area is 147 Å². The summed E-state index contributed by atoms with van der Waals surface area (Å²) in [5.41, 5.74) is 1.17. The van der Waals surface area contributed by atoms with Crippen molar-refractivity contribution in [1.82, 2.24) is 15.5 Å². The lowest BCUT2D eigenvalue weighted by Gasteiger charge is -2.10. The Morgan fingerprint density at radius 2 is 2.08 bits per heavy atom. The highest BCUT2D eigenvalue weighted by atomic mass is 16.5. The van der Waals surface area contributed by atoms with Crippen molar-refractivity contribution < 1.29 is 14.1 Å². The first kappa shape index (κ1) is 16.1. The zero-order chi connectivity index (χ0) is 17.2. The topological polar surface area (TPSA) is 77.2 Å². The lowest BCUT2D eigenvalue weighted by Crippen LogP contribution is -2.33. The molecule has 2 aliphatic rings. The van der Waals surface area contributed by atoms with Gasteiger partial charge in [-0.1, -0.05) is 36.2 Å². The molecule has 6 nitrogen and oxygen atoms in total. The molecule has 2 aromatic rings. The molecular weight excluding hydrogens is 318 g/mol. The second kappa shape index (κ2) is 6.86. The maximum Gasteiger partial charge on any atom is 0.230 e. The second-order valence-corrected chi connectivity index (χ2v) is 6.97. The second-order valence-electron chi connectivity index (χ2n) is 6.97. The number of aromatic nitrogens is 2. The van der Waals surface area contributed by atoms with Gasteiger partial charge in [-0.2, -0.15) is 4.98 Å². The number of hydrogen-bond donors (Lipinski definition) is 1. The summed E-state index contributed by atoms with van der Waals surface area (Å²) >= 11 is 0. The maximum absolute atomic E-state index is 12.1. The Morgan fingerprint density at radius 3 is 2.88 bits per heavy atom. The highest BCUT2D eigenvalue weighted by molar-refractivity contribution is 5.78. The van der Waals surface area contributed by atoms with Gasteiger partial charge in [-0.3, -0.25) is 4.79 Å². The molecule has 1 N–H and O–H groups in total. The molecular formula is C19H23N3O3. The van der Waals surface area contributed by atoms with E-state index in [0.29, 0.717) is 23.7 Å². The van der Waals surface area contributed by atoms with Crippen LogP contribution in [-0.4, -0.2) is 29.2 Å². The van der Waals surface area contributed by atoms with Gasteiger partial charge in [-0.05, 0) is 36.8 Å². The lowest BCUT2D eigenvalue weighted by molar-refractivity contribution is -0.121. The smallest absolute Gasteiger partial charge is 0.230 e. The number of amides is 1. The van der Waals surface area contributed by atoms with Gasteiger partial charge in [0.2, 0.25) is 11.8 Å². The third-order valence-corrected chi connectivity index (χ3v) is 5.17. The van der Waals surface area contributed by atoms with E-state index in [-0.39, 0.29) is 18.2 Å². The van der Waals surface area contributed by atoms with E-state index in [2.05, 4.69) is 21.5 Å². The van der Waals surface area contributed by atoms with Crippen molar-refractivity contribution in [2.45, 2.75) is 56.4 Å². The standard InChI is InChI=1S/C19H23N3O3/c1-24-16-9-5-4-8-13(16)14-10-15(14)19-21-17(22-25-19)11-18(23)20-12-6-2-3-7-12/h4-5,8-9,12,14-15H,2-3,6-7,10-11H2,1H3,(H,20,23)/t14-,15+/m0/s1. The summed E-state index contributed by atoms with van der Waals surface area (Å²) in [6.45, 7) is 0. The third kappa shape index (κ3) is 3.52. The van der Waals surface area contributed by atoms with Gasteiger partial charge in [-0.25, -0.2) is 0 Å². The van der Waals surface area contributed by atoms with E-state index < -0.39 is 0 Å². The molecule has 1 aromatic heterocycles. The summed E-state index contributed by atoms with van der Waals surface area (Å²) in [6.07, 6.45) is 5.70. The molecule has 0 saturated heterocycles. The molecule has 1 heterocycles. The molecule has 0 aliphatic heterocycles. The highest BCUT2D eigenvalue weighted by Crippen LogP contribution is 2.56. The minimum Gasteiger partial charge on any atom is -0.496 e. The molecule has 4 rings (SSSR count). The fourth-order valence-corrected chi connectivity index (χ4v) is 3.77. The average Bonchev–Trinajstić information content (AvgIpc) is 3.00. The molecule has 2 atom stereocenters. The molecule has 1 aromatic carbocycles. The van der Waals surface area contributed by atoms with Gasteiger partial charge in [0.15, 0.2) is 5.82 Å². The van der Waals surface area contributed by atoms with E-state index in [1.807, 2.05) is 18.2 Å². The Balaban J connectivity index is 1.36. The van der Waals surface area contributed by atoms with Crippen molar-refractivity contribution in [3.05, 3.63) is 41.5 Å². The first-order chi connectivity index (χ1) is 12.2. The fourth-order valence-electron chi connectivity index (χ4n) is 3.77. The fraction of sp³-hybridized carbons (Fsp3) is 0.526. The van der Waals surface area contributed by atoms with Gasteiger partial charge in [0.05, 0.1) is 13.5 Å². The van der Waals surface area contributed by atoms with Crippen LogP contribution in [0.2, 0.25) is 0 Å². The molecule has 2 saturated carbocycles. The highest BCUT2D eigenvalue weighted by Gasteiger charge is 2.45. The van der Waals surface area contributed by atoms with E-state index in [1.165, 1.54) is 18.4 Å². The van der Waals surface area contributed by atoms with Crippen molar-refractivity contribution in [3.8, 4) is 5.75 Å². The van der Waals surface area contributed by atoms with Crippen molar-refractivity contribution in [3.63, 3.8) is 0 Å².